The third kappa shape index (κ3) is 3.13. The van der Waals surface area contributed by atoms with Gasteiger partial charge >= 0.3 is 5.97 Å². The van der Waals surface area contributed by atoms with E-state index in [9.17, 15) is 4.79 Å². The van der Waals surface area contributed by atoms with E-state index in [-0.39, 0.29) is 12.3 Å². The summed E-state index contributed by atoms with van der Waals surface area (Å²) < 4.78 is 10.4. The molecule has 0 bridgehead atoms. The Morgan fingerprint density at radius 1 is 1.33 bits per heavy atom. The lowest BCUT2D eigenvalue weighted by Gasteiger charge is -2.13. The molecule has 0 saturated heterocycles. The van der Waals surface area contributed by atoms with Crippen molar-refractivity contribution in [1.29, 1.82) is 0 Å². The van der Waals surface area contributed by atoms with E-state index in [0.29, 0.717) is 17.9 Å². The third-order valence-electron chi connectivity index (χ3n) is 2.29. The van der Waals surface area contributed by atoms with Crippen molar-refractivity contribution in [2.24, 2.45) is 0 Å². The van der Waals surface area contributed by atoms with Gasteiger partial charge in [-0.25, -0.2) is 4.79 Å². The Morgan fingerprint density at radius 2 is 2.00 bits per heavy atom. The van der Waals surface area contributed by atoms with Crippen LogP contribution < -0.4 is 10.5 Å². The largest absolute Gasteiger partial charge is 0.487 e. The van der Waals surface area contributed by atoms with Gasteiger partial charge in [0, 0.05) is 0 Å². The molecular weight excluding hydrogens is 230 g/mol. The molecule has 4 heteroatoms. The molecule has 0 saturated carbocycles. The van der Waals surface area contributed by atoms with Crippen molar-refractivity contribution in [3.8, 4) is 5.75 Å². The normalized spacial score (nSPS) is 9.61. The van der Waals surface area contributed by atoms with Crippen molar-refractivity contribution < 1.29 is 14.3 Å². The fraction of sp³-hybridized carbons (Fsp3) is 0.214. The average Bonchev–Trinajstić information content (AvgIpc) is 2.36. The van der Waals surface area contributed by atoms with Crippen LogP contribution in [-0.2, 0) is 4.74 Å². The summed E-state index contributed by atoms with van der Waals surface area (Å²) in [7, 11) is 0. The molecule has 0 spiro atoms. The standard InChI is InChI=1S/C14H17NO3/c1-4-8-17-13-10(3)6-7-11(12(13)15)14(16)18-9-5-2/h4-7H,1-2,8-9,15H2,3H3. The quantitative estimate of drug-likeness (QED) is 0.476. The van der Waals surface area contributed by atoms with E-state index in [1.807, 2.05) is 6.92 Å². The van der Waals surface area contributed by atoms with Gasteiger partial charge < -0.3 is 15.2 Å². The van der Waals surface area contributed by atoms with Crippen molar-refractivity contribution >= 4 is 11.7 Å². The summed E-state index contributed by atoms with van der Waals surface area (Å²) in [4.78, 5) is 11.7. The number of nitrogens with two attached hydrogens (primary N) is 1. The lowest BCUT2D eigenvalue weighted by atomic mass is 10.1. The number of hydrogen-bond acceptors (Lipinski definition) is 4. The number of benzene rings is 1. The second kappa shape index (κ2) is 6.49. The fourth-order valence-corrected chi connectivity index (χ4v) is 1.43. The summed E-state index contributed by atoms with van der Waals surface area (Å²) in [6, 6.07) is 3.39. The Morgan fingerprint density at radius 3 is 2.61 bits per heavy atom. The van der Waals surface area contributed by atoms with Crippen molar-refractivity contribution in [3.63, 3.8) is 0 Å². The highest BCUT2D eigenvalue weighted by atomic mass is 16.5. The minimum absolute atomic E-state index is 0.148. The van der Waals surface area contributed by atoms with E-state index >= 15 is 0 Å². The van der Waals surface area contributed by atoms with Gasteiger partial charge in [0.25, 0.3) is 0 Å². The molecule has 4 nitrogen and oxygen atoms in total. The average molecular weight is 247 g/mol. The summed E-state index contributed by atoms with van der Waals surface area (Å²) in [5.74, 6) is -0.00111. The SMILES string of the molecule is C=CCOC(=O)c1ccc(C)c(OCC=C)c1N. The van der Waals surface area contributed by atoms with Gasteiger partial charge in [-0.15, -0.1) is 0 Å². The van der Waals surface area contributed by atoms with Gasteiger partial charge in [0.05, 0.1) is 11.3 Å². The van der Waals surface area contributed by atoms with Crippen molar-refractivity contribution in [2.45, 2.75) is 6.92 Å². The third-order valence-corrected chi connectivity index (χ3v) is 2.29. The van der Waals surface area contributed by atoms with Gasteiger partial charge in [0.2, 0.25) is 0 Å². The molecule has 1 aromatic rings. The van der Waals surface area contributed by atoms with Crippen LogP contribution in [0.2, 0.25) is 0 Å². The van der Waals surface area contributed by atoms with Crippen LogP contribution in [0, 0.1) is 6.92 Å². The predicted molar refractivity (Wildman–Crippen MR) is 71.8 cm³/mol. The maximum atomic E-state index is 11.7. The Labute approximate surface area is 107 Å². The number of carbonyl (C=O) groups excluding carboxylic acids is 1. The highest BCUT2D eigenvalue weighted by Crippen LogP contribution is 2.30. The number of rotatable bonds is 6. The molecule has 1 aromatic carbocycles. The first-order chi connectivity index (χ1) is 8.61. The monoisotopic (exact) mass is 247 g/mol. The number of ether oxygens (including phenoxy) is 2. The molecule has 0 aromatic heterocycles. The number of aryl methyl sites for hydroxylation is 1. The maximum Gasteiger partial charge on any atom is 0.340 e. The number of esters is 1. The first kappa shape index (κ1) is 13.8. The lowest BCUT2D eigenvalue weighted by Crippen LogP contribution is -2.10. The Kier molecular flexibility index (Phi) is 4.99. The molecule has 0 fully saturated rings. The summed E-state index contributed by atoms with van der Waals surface area (Å²) >= 11 is 0. The molecule has 2 N–H and O–H groups in total. The van der Waals surface area contributed by atoms with Gasteiger partial charge in [-0.05, 0) is 18.6 Å². The summed E-state index contributed by atoms with van der Waals surface area (Å²) in [5, 5.41) is 0. The fourth-order valence-electron chi connectivity index (χ4n) is 1.43. The second-order valence-electron chi connectivity index (χ2n) is 3.66. The van der Waals surface area contributed by atoms with Gasteiger partial charge in [0.1, 0.15) is 19.0 Å². The van der Waals surface area contributed by atoms with Crippen LogP contribution >= 0.6 is 0 Å². The second-order valence-corrected chi connectivity index (χ2v) is 3.66. The van der Waals surface area contributed by atoms with E-state index in [1.54, 1.807) is 18.2 Å². The van der Waals surface area contributed by atoms with Gasteiger partial charge in [-0.1, -0.05) is 31.4 Å². The smallest absolute Gasteiger partial charge is 0.340 e. The summed E-state index contributed by atoms with van der Waals surface area (Å²) in [6.07, 6.45) is 3.11. The van der Waals surface area contributed by atoms with E-state index in [2.05, 4.69) is 13.2 Å². The first-order valence-electron chi connectivity index (χ1n) is 5.52. The first-order valence-corrected chi connectivity index (χ1v) is 5.52. The van der Waals surface area contributed by atoms with Crippen LogP contribution in [0.25, 0.3) is 0 Å². The van der Waals surface area contributed by atoms with Crippen molar-refractivity contribution in [3.05, 3.63) is 48.6 Å². The highest BCUT2D eigenvalue weighted by molar-refractivity contribution is 5.97. The molecule has 0 aliphatic rings. The van der Waals surface area contributed by atoms with E-state index in [0.717, 1.165) is 5.56 Å². The van der Waals surface area contributed by atoms with Crippen LogP contribution in [0.3, 0.4) is 0 Å². The van der Waals surface area contributed by atoms with Gasteiger partial charge in [-0.2, -0.15) is 0 Å². The van der Waals surface area contributed by atoms with E-state index < -0.39 is 5.97 Å². The molecule has 0 heterocycles. The highest BCUT2D eigenvalue weighted by Gasteiger charge is 2.16. The Bertz CT molecular complexity index is 466. The van der Waals surface area contributed by atoms with Crippen LogP contribution in [0.5, 0.6) is 5.75 Å². The molecule has 0 aliphatic heterocycles. The lowest BCUT2D eigenvalue weighted by molar-refractivity contribution is 0.0550. The number of hydrogen-bond donors (Lipinski definition) is 1. The summed E-state index contributed by atoms with van der Waals surface area (Å²) in [5.41, 5.74) is 7.34. The van der Waals surface area contributed by atoms with Crippen LogP contribution in [0.4, 0.5) is 5.69 Å². The molecule has 0 atom stereocenters. The number of anilines is 1. The van der Waals surface area contributed by atoms with Crippen LogP contribution in [-0.4, -0.2) is 19.2 Å². The van der Waals surface area contributed by atoms with Crippen molar-refractivity contribution in [2.75, 3.05) is 18.9 Å². The molecule has 0 amide bonds. The molecule has 0 radical (unpaired) electrons. The maximum absolute atomic E-state index is 11.7. The molecular formula is C14H17NO3. The molecule has 18 heavy (non-hydrogen) atoms. The number of nitrogen functional groups attached to an aromatic ring is 1. The van der Waals surface area contributed by atoms with E-state index in [1.165, 1.54) is 6.08 Å². The zero-order valence-electron chi connectivity index (χ0n) is 10.4. The summed E-state index contributed by atoms with van der Waals surface area (Å²) in [6.45, 7) is 9.37. The van der Waals surface area contributed by atoms with Crippen LogP contribution in [0.1, 0.15) is 15.9 Å². The topological polar surface area (TPSA) is 61.5 Å². The molecule has 0 unspecified atom stereocenters. The Hall–Kier alpha value is -2.23. The molecule has 0 aliphatic carbocycles. The minimum Gasteiger partial charge on any atom is -0.487 e. The van der Waals surface area contributed by atoms with E-state index in [4.69, 9.17) is 15.2 Å². The molecule has 96 valence electrons. The predicted octanol–water partition coefficient (Wildman–Crippen LogP) is 2.48. The minimum atomic E-state index is -0.490. The zero-order valence-corrected chi connectivity index (χ0v) is 10.4. The molecule has 1 rings (SSSR count). The van der Waals surface area contributed by atoms with Gasteiger partial charge in [0.15, 0.2) is 0 Å². The van der Waals surface area contributed by atoms with Crippen molar-refractivity contribution in [1.82, 2.24) is 0 Å². The van der Waals surface area contributed by atoms with Gasteiger partial charge in [-0.3, -0.25) is 0 Å². The Balaban J connectivity index is 3.03. The number of carbonyl (C=O) groups is 1. The van der Waals surface area contributed by atoms with Crippen LogP contribution in [0.15, 0.2) is 37.4 Å². The zero-order chi connectivity index (χ0) is 13.5.